The maximum Gasteiger partial charge on any atom is 0.0638 e. The summed E-state index contributed by atoms with van der Waals surface area (Å²) in [5, 5.41) is 8.58. The van der Waals surface area contributed by atoms with E-state index in [0.717, 1.165) is 13.1 Å². The van der Waals surface area contributed by atoms with E-state index in [2.05, 4.69) is 16.9 Å². The fourth-order valence-electron chi connectivity index (χ4n) is 1.68. The molecule has 0 amide bonds. The number of nitrogens with zero attached hydrogens (tertiary/aromatic N) is 2. The maximum atomic E-state index is 8.58. The molecule has 2 nitrogen and oxygen atoms in total. The van der Waals surface area contributed by atoms with Crippen LogP contribution in [0.5, 0.6) is 0 Å². The highest BCUT2D eigenvalue weighted by molar-refractivity contribution is 4.95. The van der Waals surface area contributed by atoms with Crippen LogP contribution >= 0.6 is 0 Å². The van der Waals surface area contributed by atoms with Crippen LogP contribution in [0.15, 0.2) is 0 Å². The minimum absolute atomic E-state index is 0.308. The second-order valence-corrected chi connectivity index (χ2v) is 3.17. The highest BCUT2D eigenvalue weighted by Crippen LogP contribution is 2.15. The normalized spacial score (nSPS) is 19.8. The van der Waals surface area contributed by atoms with E-state index in [4.69, 9.17) is 11.7 Å². The van der Waals surface area contributed by atoms with E-state index in [0.29, 0.717) is 18.9 Å². The molecule has 0 bridgehead atoms. The summed E-state index contributed by atoms with van der Waals surface area (Å²) in [4.78, 5) is 2.34. The molecule has 1 saturated heterocycles. The Morgan fingerprint density at radius 1 is 1.33 bits per heavy atom. The first-order chi connectivity index (χ1) is 5.88. The third kappa shape index (κ3) is 2.26. The zero-order valence-electron chi connectivity index (χ0n) is 7.29. The van der Waals surface area contributed by atoms with Crippen LogP contribution in [0.3, 0.4) is 0 Å². The van der Waals surface area contributed by atoms with Gasteiger partial charge in [0, 0.05) is 12.5 Å². The molecule has 1 aliphatic heterocycles. The van der Waals surface area contributed by atoms with Crippen molar-refractivity contribution >= 4 is 0 Å². The van der Waals surface area contributed by atoms with Crippen molar-refractivity contribution in [1.82, 2.24) is 4.90 Å². The average molecular weight is 162 g/mol. The van der Waals surface area contributed by atoms with Crippen LogP contribution in [0.1, 0.15) is 25.7 Å². The number of rotatable bonds is 3. The van der Waals surface area contributed by atoms with Crippen LogP contribution < -0.4 is 0 Å². The topological polar surface area (TPSA) is 27.0 Å². The Kier molecular flexibility index (Phi) is 3.64. The van der Waals surface area contributed by atoms with Gasteiger partial charge < -0.3 is 0 Å². The standard InChI is InChI=1S/C10H14N2/c1-2-5-10(6-7-11)12-8-3-4-9-12/h1,10H,3-6,8-9H2. The van der Waals surface area contributed by atoms with Gasteiger partial charge in [-0.25, -0.2) is 0 Å². The molecular weight excluding hydrogens is 148 g/mol. The molecule has 1 unspecified atom stereocenters. The van der Waals surface area contributed by atoms with E-state index >= 15 is 0 Å². The number of hydrogen-bond acceptors (Lipinski definition) is 2. The van der Waals surface area contributed by atoms with E-state index in [9.17, 15) is 0 Å². The van der Waals surface area contributed by atoms with Crippen LogP contribution in [-0.4, -0.2) is 24.0 Å². The molecular formula is C10H14N2. The van der Waals surface area contributed by atoms with Crippen molar-refractivity contribution in [2.75, 3.05) is 13.1 Å². The average Bonchev–Trinajstić information content (AvgIpc) is 2.56. The lowest BCUT2D eigenvalue weighted by molar-refractivity contribution is 0.249. The van der Waals surface area contributed by atoms with Crippen molar-refractivity contribution in [1.29, 1.82) is 5.26 Å². The highest BCUT2D eigenvalue weighted by atomic mass is 15.2. The Labute approximate surface area is 74.2 Å². The summed E-state index contributed by atoms with van der Waals surface area (Å²) in [6.07, 6.45) is 9.04. The van der Waals surface area contributed by atoms with Gasteiger partial charge >= 0.3 is 0 Å². The quantitative estimate of drug-likeness (QED) is 0.586. The third-order valence-electron chi connectivity index (χ3n) is 2.34. The molecule has 1 aliphatic rings. The summed E-state index contributed by atoms with van der Waals surface area (Å²) in [6, 6.07) is 2.50. The number of nitriles is 1. The van der Waals surface area contributed by atoms with Crippen molar-refractivity contribution in [3.63, 3.8) is 0 Å². The van der Waals surface area contributed by atoms with E-state index in [-0.39, 0.29) is 0 Å². The molecule has 0 aromatic heterocycles. The fraction of sp³-hybridized carbons (Fsp3) is 0.700. The molecule has 0 spiro atoms. The van der Waals surface area contributed by atoms with Crippen LogP contribution in [0.4, 0.5) is 0 Å². The lowest BCUT2D eigenvalue weighted by atomic mass is 10.1. The van der Waals surface area contributed by atoms with Gasteiger partial charge in [0.1, 0.15) is 0 Å². The summed E-state index contributed by atoms with van der Waals surface area (Å²) in [5.74, 6) is 2.64. The van der Waals surface area contributed by atoms with Gasteiger partial charge in [0.25, 0.3) is 0 Å². The van der Waals surface area contributed by atoms with Crippen LogP contribution in [0.25, 0.3) is 0 Å². The first-order valence-corrected chi connectivity index (χ1v) is 4.43. The summed E-state index contributed by atoms with van der Waals surface area (Å²) in [6.45, 7) is 2.24. The van der Waals surface area contributed by atoms with E-state index in [1.165, 1.54) is 12.8 Å². The van der Waals surface area contributed by atoms with E-state index < -0.39 is 0 Å². The molecule has 2 heteroatoms. The van der Waals surface area contributed by atoms with E-state index in [1.807, 2.05) is 0 Å². The van der Waals surface area contributed by atoms with Crippen LogP contribution in [-0.2, 0) is 0 Å². The molecule has 0 aromatic carbocycles. The van der Waals surface area contributed by atoms with Gasteiger partial charge in [-0.2, -0.15) is 5.26 Å². The molecule has 0 aromatic rings. The molecule has 0 radical (unpaired) electrons. The molecule has 1 heterocycles. The van der Waals surface area contributed by atoms with Gasteiger partial charge in [0.05, 0.1) is 12.5 Å². The summed E-state index contributed by atoms with van der Waals surface area (Å²) >= 11 is 0. The van der Waals surface area contributed by atoms with Gasteiger partial charge in [0.15, 0.2) is 0 Å². The van der Waals surface area contributed by atoms with Crippen LogP contribution in [0.2, 0.25) is 0 Å². The predicted octanol–water partition coefficient (Wildman–Crippen LogP) is 1.39. The maximum absolute atomic E-state index is 8.58. The summed E-state index contributed by atoms with van der Waals surface area (Å²) < 4.78 is 0. The monoisotopic (exact) mass is 162 g/mol. The van der Waals surface area contributed by atoms with Gasteiger partial charge in [-0.3, -0.25) is 4.90 Å². The summed E-state index contributed by atoms with van der Waals surface area (Å²) in [7, 11) is 0. The second kappa shape index (κ2) is 4.80. The minimum atomic E-state index is 0.308. The Morgan fingerprint density at radius 3 is 2.50 bits per heavy atom. The van der Waals surface area contributed by atoms with Gasteiger partial charge in [-0.15, -0.1) is 12.3 Å². The Balaban J connectivity index is 2.42. The smallest absolute Gasteiger partial charge is 0.0638 e. The van der Waals surface area contributed by atoms with Gasteiger partial charge in [0.2, 0.25) is 0 Å². The van der Waals surface area contributed by atoms with Gasteiger partial charge in [-0.1, -0.05) is 0 Å². The molecule has 12 heavy (non-hydrogen) atoms. The van der Waals surface area contributed by atoms with Crippen molar-refractivity contribution in [3.05, 3.63) is 0 Å². The lowest BCUT2D eigenvalue weighted by Gasteiger charge is -2.23. The van der Waals surface area contributed by atoms with Crippen LogP contribution in [0, 0.1) is 23.7 Å². The van der Waals surface area contributed by atoms with Crippen molar-refractivity contribution in [2.24, 2.45) is 0 Å². The first-order valence-electron chi connectivity index (χ1n) is 4.43. The number of likely N-dealkylation sites (tertiary alicyclic amines) is 1. The fourth-order valence-corrected chi connectivity index (χ4v) is 1.68. The Hall–Kier alpha value is -0.990. The SMILES string of the molecule is C#CCC(CC#N)N1CCCC1. The molecule has 64 valence electrons. The Bertz CT molecular complexity index is 187. The minimum Gasteiger partial charge on any atom is -0.298 e. The first kappa shape index (κ1) is 9.10. The highest BCUT2D eigenvalue weighted by Gasteiger charge is 2.20. The largest absolute Gasteiger partial charge is 0.298 e. The zero-order valence-corrected chi connectivity index (χ0v) is 7.29. The van der Waals surface area contributed by atoms with Crippen molar-refractivity contribution in [3.8, 4) is 18.4 Å². The molecule has 1 fully saturated rings. The Morgan fingerprint density at radius 2 is 2.00 bits per heavy atom. The third-order valence-corrected chi connectivity index (χ3v) is 2.34. The van der Waals surface area contributed by atoms with Crippen molar-refractivity contribution < 1.29 is 0 Å². The van der Waals surface area contributed by atoms with E-state index in [1.54, 1.807) is 0 Å². The number of terminal acetylenes is 1. The van der Waals surface area contributed by atoms with Gasteiger partial charge in [-0.05, 0) is 25.9 Å². The molecule has 0 saturated carbocycles. The zero-order chi connectivity index (χ0) is 8.81. The lowest BCUT2D eigenvalue weighted by Crippen LogP contribution is -2.31. The molecule has 0 aliphatic carbocycles. The number of hydrogen-bond donors (Lipinski definition) is 0. The molecule has 1 atom stereocenters. The second-order valence-electron chi connectivity index (χ2n) is 3.17. The molecule has 1 rings (SSSR count). The molecule has 0 N–H and O–H groups in total. The summed E-state index contributed by atoms with van der Waals surface area (Å²) in [5.41, 5.74) is 0. The van der Waals surface area contributed by atoms with Crippen molar-refractivity contribution in [2.45, 2.75) is 31.7 Å². The predicted molar refractivity (Wildman–Crippen MR) is 48.3 cm³/mol.